The van der Waals surface area contributed by atoms with Crippen LogP contribution in [0.25, 0.3) is 6.08 Å². The summed E-state index contributed by atoms with van der Waals surface area (Å²) in [6.07, 6.45) is 5.56. The van der Waals surface area contributed by atoms with E-state index in [0.29, 0.717) is 30.2 Å². The lowest BCUT2D eigenvalue weighted by Crippen LogP contribution is -2.23. The first-order chi connectivity index (χ1) is 12.2. The van der Waals surface area contributed by atoms with Gasteiger partial charge in [0.2, 0.25) is 5.91 Å². The Balaban J connectivity index is 1.99. The maximum Gasteiger partial charge on any atom is 0.244 e. The number of hydrogen-bond donors (Lipinski definition) is 1. The van der Waals surface area contributed by atoms with Gasteiger partial charge in [0.15, 0.2) is 11.5 Å². The first-order valence-electron chi connectivity index (χ1n) is 7.83. The Bertz CT molecular complexity index is 730. The van der Waals surface area contributed by atoms with Crippen molar-refractivity contribution in [1.82, 2.24) is 10.3 Å². The summed E-state index contributed by atoms with van der Waals surface area (Å²) in [5.74, 6) is 1.54. The highest BCUT2D eigenvalue weighted by molar-refractivity contribution is 5.92. The summed E-state index contributed by atoms with van der Waals surface area (Å²) >= 11 is 0. The van der Waals surface area contributed by atoms with Crippen LogP contribution in [0.5, 0.6) is 17.2 Å². The second-order valence-corrected chi connectivity index (χ2v) is 5.14. The van der Waals surface area contributed by atoms with Crippen molar-refractivity contribution in [2.75, 3.05) is 27.9 Å². The first kappa shape index (κ1) is 18.3. The van der Waals surface area contributed by atoms with E-state index >= 15 is 0 Å². The molecule has 25 heavy (non-hydrogen) atoms. The molecule has 0 fully saturated rings. The zero-order valence-electron chi connectivity index (χ0n) is 14.6. The molecule has 0 saturated carbocycles. The summed E-state index contributed by atoms with van der Waals surface area (Å²) in [6, 6.07) is 9.19. The van der Waals surface area contributed by atoms with Gasteiger partial charge in [0, 0.05) is 42.6 Å². The van der Waals surface area contributed by atoms with Gasteiger partial charge in [-0.3, -0.25) is 9.78 Å². The zero-order valence-corrected chi connectivity index (χ0v) is 14.6. The summed E-state index contributed by atoms with van der Waals surface area (Å²) in [4.78, 5) is 16.2. The number of carbonyl (C=O) groups excluding carboxylic acids is 1. The van der Waals surface area contributed by atoms with Crippen LogP contribution in [0.2, 0.25) is 0 Å². The molecule has 0 spiro atoms. The molecule has 0 radical (unpaired) electrons. The molecule has 0 atom stereocenters. The van der Waals surface area contributed by atoms with Crippen LogP contribution >= 0.6 is 0 Å². The molecule has 1 aromatic carbocycles. The zero-order chi connectivity index (χ0) is 18.1. The largest absolute Gasteiger partial charge is 0.496 e. The highest BCUT2D eigenvalue weighted by Gasteiger charge is 2.10. The molecule has 2 rings (SSSR count). The van der Waals surface area contributed by atoms with E-state index in [2.05, 4.69) is 10.3 Å². The fraction of sp³-hybridized carbons (Fsp3) is 0.263. The SMILES string of the molecule is COc1cc(OC)c(OC)cc1/C=C/C(=O)NCCc1ccccn1. The first-order valence-corrected chi connectivity index (χ1v) is 7.83. The summed E-state index contributed by atoms with van der Waals surface area (Å²) in [5.41, 5.74) is 1.66. The molecule has 6 heteroatoms. The van der Waals surface area contributed by atoms with Crippen molar-refractivity contribution in [3.63, 3.8) is 0 Å². The molecule has 1 amide bonds. The summed E-state index contributed by atoms with van der Waals surface area (Å²) in [7, 11) is 4.68. The second-order valence-electron chi connectivity index (χ2n) is 5.14. The highest BCUT2D eigenvalue weighted by Crippen LogP contribution is 2.35. The number of ether oxygens (including phenoxy) is 3. The Kier molecular flexibility index (Phi) is 6.83. The fourth-order valence-electron chi connectivity index (χ4n) is 2.27. The molecule has 0 bridgehead atoms. The Labute approximate surface area is 147 Å². The molecule has 2 aromatic rings. The maximum atomic E-state index is 12.0. The van der Waals surface area contributed by atoms with E-state index in [1.54, 1.807) is 45.7 Å². The van der Waals surface area contributed by atoms with E-state index in [9.17, 15) is 4.79 Å². The minimum Gasteiger partial charge on any atom is -0.496 e. The van der Waals surface area contributed by atoms with Gasteiger partial charge in [0.25, 0.3) is 0 Å². The molecule has 1 aromatic heterocycles. The van der Waals surface area contributed by atoms with E-state index in [0.717, 1.165) is 11.3 Å². The molecule has 132 valence electrons. The smallest absolute Gasteiger partial charge is 0.244 e. The van der Waals surface area contributed by atoms with Gasteiger partial charge in [-0.1, -0.05) is 6.07 Å². The van der Waals surface area contributed by atoms with Crippen LogP contribution in [-0.2, 0) is 11.2 Å². The number of pyridine rings is 1. The Morgan fingerprint density at radius 3 is 2.44 bits per heavy atom. The summed E-state index contributed by atoms with van der Waals surface area (Å²) in [6.45, 7) is 0.517. The average Bonchev–Trinajstić information content (AvgIpc) is 2.66. The minimum absolute atomic E-state index is 0.187. The predicted octanol–water partition coefficient (Wildman–Crippen LogP) is 2.48. The lowest BCUT2D eigenvalue weighted by molar-refractivity contribution is -0.116. The Morgan fingerprint density at radius 1 is 1.08 bits per heavy atom. The molecule has 1 heterocycles. The van der Waals surface area contributed by atoms with Crippen molar-refractivity contribution in [2.45, 2.75) is 6.42 Å². The molecule has 6 nitrogen and oxygen atoms in total. The third kappa shape index (κ3) is 5.24. The molecule has 0 aliphatic heterocycles. The van der Waals surface area contributed by atoms with Crippen molar-refractivity contribution >= 4 is 12.0 Å². The van der Waals surface area contributed by atoms with Gasteiger partial charge in [-0.2, -0.15) is 0 Å². The average molecular weight is 342 g/mol. The van der Waals surface area contributed by atoms with Crippen LogP contribution in [0.1, 0.15) is 11.3 Å². The Hall–Kier alpha value is -3.02. The number of methoxy groups -OCH3 is 3. The lowest BCUT2D eigenvalue weighted by Gasteiger charge is -2.12. The number of nitrogens with one attached hydrogen (secondary N) is 1. The van der Waals surface area contributed by atoms with Crippen molar-refractivity contribution in [1.29, 1.82) is 0 Å². The molecule has 0 unspecified atom stereocenters. The fourth-order valence-corrected chi connectivity index (χ4v) is 2.27. The molecule has 0 aliphatic rings. The molecular weight excluding hydrogens is 320 g/mol. The quantitative estimate of drug-likeness (QED) is 0.747. The van der Waals surface area contributed by atoms with Crippen molar-refractivity contribution in [2.24, 2.45) is 0 Å². The lowest BCUT2D eigenvalue weighted by atomic mass is 10.1. The van der Waals surface area contributed by atoms with Crippen molar-refractivity contribution in [3.8, 4) is 17.2 Å². The van der Waals surface area contributed by atoms with E-state index < -0.39 is 0 Å². The van der Waals surface area contributed by atoms with E-state index in [4.69, 9.17) is 14.2 Å². The van der Waals surface area contributed by atoms with E-state index in [-0.39, 0.29) is 5.91 Å². The van der Waals surface area contributed by atoms with Crippen LogP contribution in [0.4, 0.5) is 0 Å². The topological polar surface area (TPSA) is 69.7 Å². The molecule has 1 N–H and O–H groups in total. The van der Waals surface area contributed by atoms with Crippen LogP contribution in [0.3, 0.4) is 0 Å². The molecule has 0 saturated heterocycles. The van der Waals surface area contributed by atoms with E-state index in [1.165, 1.54) is 6.08 Å². The van der Waals surface area contributed by atoms with E-state index in [1.807, 2.05) is 18.2 Å². The van der Waals surface area contributed by atoms with Gasteiger partial charge < -0.3 is 19.5 Å². The predicted molar refractivity (Wildman–Crippen MR) is 96.1 cm³/mol. The number of carbonyl (C=O) groups is 1. The number of hydrogen-bond acceptors (Lipinski definition) is 5. The maximum absolute atomic E-state index is 12.0. The second kappa shape index (κ2) is 9.32. The normalized spacial score (nSPS) is 10.5. The van der Waals surface area contributed by atoms with Crippen LogP contribution < -0.4 is 19.5 Å². The highest BCUT2D eigenvalue weighted by atomic mass is 16.5. The van der Waals surface area contributed by atoms with Crippen molar-refractivity contribution in [3.05, 3.63) is 53.9 Å². The number of nitrogens with zero attached hydrogens (tertiary/aromatic N) is 1. The van der Waals surface area contributed by atoms with Gasteiger partial charge in [-0.05, 0) is 24.3 Å². The Morgan fingerprint density at radius 2 is 1.80 bits per heavy atom. The summed E-state index contributed by atoms with van der Waals surface area (Å²) < 4.78 is 15.8. The monoisotopic (exact) mass is 342 g/mol. The van der Waals surface area contributed by atoms with Gasteiger partial charge in [-0.15, -0.1) is 0 Å². The van der Waals surface area contributed by atoms with Gasteiger partial charge in [0.1, 0.15) is 5.75 Å². The van der Waals surface area contributed by atoms with Gasteiger partial charge in [0.05, 0.1) is 21.3 Å². The van der Waals surface area contributed by atoms with Crippen LogP contribution in [0.15, 0.2) is 42.6 Å². The molecular formula is C19H22N2O4. The third-order valence-corrected chi connectivity index (χ3v) is 3.56. The number of benzene rings is 1. The number of aromatic nitrogens is 1. The van der Waals surface area contributed by atoms with Crippen LogP contribution in [-0.4, -0.2) is 38.8 Å². The number of rotatable bonds is 8. The third-order valence-electron chi connectivity index (χ3n) is 3.56. The number of amides is 1. The van der Waals surface area contributed by atoms with Crippen molar-refractivity contribution < 1.29 is 19.0 Å². The van der Waals surface area contributed by atoms with Crippen LogP contribution in [0, 0.1) is 0 Å². The van der Waals surface area contributed by atoms with Gasteiger partial charge >= 0.3 is 0 Å². The summed E-state index contributed by atoms with van der Waals surface area (Å²) in [5, 5.41) is 2.83. The minimum atomic E-state index is -0.187. The van der Waals surface area contributed by atoms with Gasteiger partial charge in [-0.25, -0.2) is 0 Å². The molecule has 0 aliphatic carbocycles. The standard InChI is InChI=1S/C19H22N2O4/c1-23-16-13-18(25-3)17(24-2)12-14(16)7-8-19(22)21-11-9-15-6-4-5-10-20-15/h4-8,10,12-13H,9,11H2,1-3H3,(H,21,22)/b8-7+.